The van der Waals surface area contributed by atoms with E-state index >= 15 is 0 Å². The fourth-order valence-corrected chi connectivity index (χ4v) is 4.99. The third-order valence-corrected chi connectivity index (χ3v) is 6.77. The summed E-state index contributed by atoms with van der Waals surface area (Å²) in [6.07, 6.45) is 3.28. The molecule has 33 heavy (non-hydrogen) atoms. The molecular formula is C25H25FN6O. The fourth-order valence-electron chi connectivity index (χ4n) is 4.99. The molecule has 0 radical (unpaired) electrons. The number of fused-ring (bicyclic) bond motifs is 5. The average Bonchev–Trinajstić information content (AvgIpc) is 3.51. The van der Waals surface area contributed by atoms with Crippen molar-refractivity contribution in [3.8, 4) is 28.3 Å². The van der Waals surface area contributed by atoms with Crippen molar-refractivity contribution in [2.24, 2.45) is 0 Å². The molecule has 168 valence electrons. The van der Waals surface area contributed by atoms with Gasteiger partial charge in [-0.15, -0.1) is 0 Å². The highest BCUT2D eigenvalue weighted by Gasteiger charge is 2.33. The minimum absolute atomic E-state index is 0.111. The second-order valence-electron chi connectivity index (χ2n) is 9.06. The van der Waals surface area contributed by atoms with Crippen LogP contribution in [-0.2, 0) is 6.54 Å². The Kier molecular flexibility index (Phi) is 4.60. The Morgan fingerprint density at radius 3 is 2.61 bits per heavy atom. The van der Waals surface area contributed by atoms with Gasteiger partial charge >= 0.3 is 0 Å². The van der Waals surface area contributed by atoms with Crippen molar-refractivity contribution in [1.29, 1.82) is 0 Å². The first-order valence-electron chi connectivity index (χ1n) is 11.1. The van der Waals surface area contributed by atoms with Gasteiger partial charge in [-0.2, -0.15) is 5.10 Å². The van der Waals surface area contributed by atoms with Crippen molar-refractivity contribution in [1.82, 2.24) is 24.2 Å². The highest BCUT2D eigenvalue weighted by Crippen LogP contribution is 2.35. The summed E-state index contributed by atoms with van der Waals surface area (Å²) in [7, 11) is 4.01. The molecule has 7 nitrogen and oxygen atoms in total. The molecule has 0 spiro atoms. The van der Waals surface area contributed by atoms with Gasteiger partial charge in [0.25, 0.3) is 0 Å². The van der Waals surface area contributed by atoms with Crippen molar-refractivity contribution in [3.05, 3.63) is 72.4 Å². The fraction of sp³-hybridized carbons (Fsp3) is 0.280. The molecule has 2 atom stereocenters. The van der Waals surface area contributed by atoms with Gasteiger partial charge < -0.3 is 19.5 Å². The lowest BCUT2D eigenvalue weighted by molar-refractivity contribution is 0.114. The zero-order chi connectivity index (χ0) is 22.7. The van der Waals surface area contributed by atoms with E-state index in [2.05, 4.69) is 54.9 Å². The lowest BCUT2D eigenvalue weighted by Gasteiger charge is -2.23. The molecule has 4 heterocycles. The van der Waals surface area contributed by atoms with Crippen LogP contribution < -0.4 is 4.90 Å². The molecule has 2 aromatic carbocycles. The Bertz CT molecular complexity index is 1330. The van der Waals surface area contributed by atoms with E-state index in [1.807, 2.05) is 18.8 Å². The Balaban J connectivity index is 1.40. The number of nitrogens with zero attached hydrogens (tertiary/aromatic N) is 6. The van der Waals surface area contributed by atoms with Gasteiger partial charge in [0, 0.05) is 37.1 Å². The Labute approximate surface area is 191 Å². The van der Waals surface area contributed by atoms with E-state index in [4.69, 9.17) is 0 Å². The van der Waals surface area contributed by atoms with Crippen molar-refractivity contribution in [2.45, 2.75) is 18.7 Å². The van der Waals surface area contributed by atoms with Gasteiger partial charge in [0.05, 0.1) is 23.5 Å². The molecule has 1 N–H and O–H groups in total. The summed E-state index contributed by atoms with van der Waals surface area (Å²) in [5.74, 6) is 0.531. The van der Waals surface area contributed by atoms with Crippen LogP contribution in [0, 0.1) is 5.82 Å². The smallest absolute Gasteiger partial charge is 0.179 e. The van der Waals surface area contributed by atoms with Crippen molar-refractivity contribution >= 4 is 5.69 Å². The molecule has 6 rings (SSSR count). The second kappa shape index (κ2) is 7.54. The van der Waals surface area contributed by atoms with Crippen LogP contribution in [0.5, 0.6) is 0 Å². The Morgan fingerprint density at radius 1 is 1.03 bits per heavy atom. The van der Waals surface area contributed by atoms with E-state index in [9.17, 15) is 9.50 Å². The summed E-state index contributed by atoms with van der Waals surface area (Å²) < 4.78 is 17.5. The normalized spacial score (nSPS) is 19.4. The lowest BCUT2D eigenvalue weighted by Crippen LogP contribution is -2.38. The molecule has 2 aromatic heterocycles. The van der Waals surface area contributed by atoms with Crippen LogP contribution in [-0.4, -0.2) is 68.7 Å². The Hall–Kier alpha value is -3.49. The number of hydrogen-bond acceptors (Lipinski definition) is 5. The molecule has 0 amide bonds. The monoisotopic (exact) mass is 444 g/mol. The van der Waals surface area contributed by atoms with Gasteiger partial charge in [0.15, 0.2) is 5.82 Å². The second-order valence-corrected chi connectivity index (χ2v) is 9.06. The van der Waals surface area contributed by atoms with Crippen molar-refractivity contribution < 1.29 is 9.50 Å². The molecule has 2 aliphatic rings. The maximum Gasteiger partial charge on any atom is 0.179 e. The predicted molar refractivity (Wildman–Crippen MR) is 125 cm³/mol. The van der Waals surface area contributed by atoms with E-state index in [-0.39, 0.29) is 18.0 Å². The molecule has 0 unspecified atom stereocenters. The van der Waals surface area contributed by atoms with Crippen LogP contribution in [0.15, 0.2) is 61.1 Å². The Morgan fingerprint density at radius 2 is 1.85 bits per heavy atom. The van der Waals surface area contributed by atoms with Gasteiger partial charge in [-0.3, -0.25) is 0 Å². The van der Waals surface area contributed by atoms with E-state index < -0.39 is 0 Å². The molecule has 0 bridgehead atoms. The molecule has 1 saturated heterocycles. The quantitative estimate of drug-likeness (QED) is 0.464. The number of rotatable bonds is 3. The van der Waals surface area contributed by atoms with Gasteiger partial charge in [0.2, 0.25) is 0 Å². The summed E-state index contributed by atoms with van der Waals surface area (Å²) in [6.45, 7) is 2.06. The first kappa shape index (κ1) is 20.1. The van der Waals surface area contributed by atoms with Crippen LogP contribution in [0.3, 0.4) is 0 Å². The number of anilines is 1. The summed E-state index contributed by atoms with van der Waals surface area (Å²) >= 11 is 0. The maximum atomic E-state index is 13.4. The minimum atomic E-state index is -0.380. The van der Waals surface area contributed by atoms with Crippen molar-refractivity contribution in [3.63, 3.8) is 0 Å². The van der Waals surface area contributed by atoms with Gasteiger partial charge in [0.1, 0.15) is 12.1 Å². The standard InChI is InChI=1S/C25H25FN6O/c1-29(2)23-13-30(14-24(23)33)20-7-8-21-18(9-20)12-31-11-17(16-3-5-19(26)6-4-16)10-22(31)25-27-15-28-32(21)25/h3-11,15,23-24,33H,12-14H2,1-2H3/t23-,24-/m0/s1. The molecule has 2 aliphatic heterocycles. The van der Waals surface area contributed by atoms with E-state index in [0.717, 1.165) is 46.1 Å². The SMILES string of the molecule is CN(C)[C@H]1CN(c2ccc3c(c2)Cn2cc(-c4ccc(F)cc4)cc2-c2ncnn2-3)C[C@@H]1O. The summed E-state index contributed by atoms with van der Waals surface area (Å²) in [4.78, 5) is 8.86. The first-order chi connectivity index (χ1) is 16.0. The zero-order valence-electron chi connectivity index (χ0n) is 18.6. The average molecular weight is 445 g/mol. The molecule has 1 fully saturated rings. The predicted octanol–water partition coefficient (Wildman–Crippen LogP) is 3.01. The van der Waals surface area contributed by atoms with E-state index in [0.29, 0.717) is 13.1 Å². The molecule has 4 aromatic rings. The number of halogens is 1. The third kappa shape index (κ3) is 3.34. The molecular weight excluding hydrogens is 419 g/mol. The topological polar surface area (TPSA) is 62.3 Å². The molecule has 0 aliphatic carbocycles. The van der Waals surface area contributed by atoms with Crippen molar-refractivity contribution in [2.75, 3.05) is 32.1 Å². The van der Waals surface area contributed by atoms with E-state index in [1.54, 1.807) is 18.5 Å². The summed E-state index contributed by atoms with van der Waals surface area (Å²) in [5.41, 5.74) is 6.15. The summed E-state index contributed by atoms with van der Waals surface area (Å²) in [5, 5.41) is 15.0. The van der Waals surface area contributed by atoms with Crippen LogP contribution in [0.4, 0.5) is 10.1 Å². The first-order valence-corrected chi connectivity index (χ1v) is 11.1. The van der Waals surface area contributed by atoms with Crippen LogP contribution >= 0.6 is 0 Å². The van der Waals surface area contributed by atoms with Gasteiger partial charge in [-0.1, -0.05) is 12.1 Å². The number of hydrogen-bond donors (Lipinski definition) is 1. The number of benzene rings is 2. The molecule has 8 heteroatoms. The number of β-amino-alcohol motifs (C(OH)–C–C–N with tert-alkyl or cyclic N) is 1. The summed E-state index contributed by atoms with van der Waals surface area (Å²) in [6, 6.07) is 15.1. The van der Waals surface area contributed by atoms with Gasteiger partial charge in [-0.05, 0) is 61.6 Å². The highest BCUT2D eigenvalue weighted by atomic mass is 19.1. The maximum absolute atomic E-state index is 13.4. The lowest BCUT2D eigenvalue weighted by atomic mass is 10.1. The zero-order valence-corrected chi connectivity index (χ0v) is 18.6. The van der Waals surface area contributed by atoms with E-state index in [1.165, 1.54) is 12.1 Å². The van der Waals surface area contributed by atoms with Crippen LogP contribution in [0.2, 0.25) is 0 Å². The van der Waals surface area contributed by atoms with Gasteiger partial charge in [-0.25, -0.2) is 14.1 Å². The van der Waals surface area contributed by atoms with Crippen LogP contribution in [0.25, 0.3) is 28.3 Å². The number of aliphatic hydroxyl groups is 1. The third-order valence-electron chi connectivity index (χ3n) is 6.77. The number of likely N-dealkylation sites (N-methyl/N-ethyl adjacent to an activating group) is 1. The number of aromatic nitrogens is 4. The molecule has 0 saturated carbocycles. The highest BCUT2D eigenvalue weighted by molar-refractivity contribution is 5.72. The largest absolute Gasteiger partial charge is 0.390 e. The minimum Gasteiger partial charge on any atom is -0.390 e. The van der Waals surface area contributed by atoms with Crippen LogP contribution in [0.1, 0.15) is 5.56 Å². The number of aliphatic hydroxyl groups excluding tert-OH is 1.